The Balaban J connectivity index is 3.61. The van der Waals surface area contributed by atoms with Crippen molar-refractivity contribution in [3.63, 3.8) is 0 Å². The zero-order valence-corrected chi connectivity index (χ0v) is 13.0. The predicted octanol–water partition coefficient (Wildman–Crippen LogP) is 3.60. The molecule has 102 valence electrons. The molecule has 0 aliphatic rings. The summed E-state index contributed by atoms with van der Waals surface area (Å²) in [6.07, 6.45) is 5.43. The molecule has 0 aliphatic carbocycles. The van der Waals surface area contributed by atoms with Crippen LogP contribution in [-0.2, 0) is 4.79 Å². The molecule has 0 aromatic rings. The number of Topliss-reactive ketones (excluding diaryl/α,β-unsaturated/α-hetero) is 1. The first-order valence-corrected chi connectivity index (χ1v) is 7.04. The molecule has 0 amide bonds. The fourth-order valence-corrected chi connectivity index (χ4v) is 1.85. The van der Waals surface area contributed by atoms with Crippen LogP contribution in [0.3, 0.4) is 0 Å². The number of nitrogens with one attached hydrogen (secondary N) is 1. The predicted molar refractivity (Wildman–Crippen MR) is 78.9 cm³/mol. The lowest BCUT2D eigenvalue weighted by Crippen LogP contribution is -2.35. The Bertz CT molecular complexity index is 231. The van der Waals surface area contributed by atoms with E-state index < -0.39 is 0 Å². The van der Waals surface area contributed by atoms with Gasteiger partial charge in [0.15, 0.2) is 0 Å². The van der Waals surface area contributed by atoms with Crippen molar-refractivity contribution in [2.24, 2.45) is 0 Å². The molecule has 1 N–H and O–H groups in total. The van der Waals surface area contributed by atoms with Crippen LogP contribution in [0.5, 0.6) is 0 Å². The standard InChI is InChI=1S/C14H29NOS/c1-13(2,15-5)10-6-8-12(16)9-7-11-14(3,4)17/h15,17H,6-11H2,1-5H3. The molecule has 0 aromatic carbocycles. The minimum atomic E-state index is 0.0500. The molecule has 0 atom stereocenters. The molecule has 0 heterocycles. The molecule has 3 heteroatoms. The van der Waals surface area contributed by atoms with E-state index >= 15 is 0 Å². The highest BCUT2D eigenvalue weighted by Crippen LogP contribution is 2.20. The summed E-state index contributed by atoms with van der Waals surface area (Å²) in [4.78, 5) is 11.7. The summed E-state index contributed by atoms with van der Waals surface area (Å²) in [6, 6.07) is 0. The third kappa shape index (κ3) is 10.8. The van der Waals surface area contributed by atoms with Crippen molar-refractivity contribution in [3.8, 4) is 0 Å². The van der Waals surface area contributed by atoms with Gasteiger partial charge in [-0.25, -0.2) is 0 Å². The molecular weight excluding hydrogens is 230 g/mol. The van der Waals surface area contributed by atoms with Gasteiger partial charge in [-0.05, 0) is 46.6 Å². The van der Waals surface area contributed by atoms with Crippen molar-refractivity contribution in [2.45, 2.75) is 76.5 Å². The molecule has 0 bridgehead atoms. The molecule has 0 fully saturated rings. The number of thiol groups is 1. The number of carbonyl (C=O) groups is 1. The Hall–Kier alpha value is -0.0200. The molecule has 0 unspecified atom stereocenters. The maximum atomic E-state index is 11.7. The summed E-state index contributed by atoms with van der Waals surface area (Å²) in [5, 5.41) is 3.26. The molecule has 0 rings (SSSR count). The molecule has 0 saturated heterocycles. The Morgan fingerprint density at radius 2 is 1.53 bits per heavy atom. The second-order valence-electron chi connectivity index (χ2n) is 6.19. The summed E-state index contributed by atoms with van der Waals surface area (Å²) in [6.45, 7) is 8.52. The molecular formula is C14H29NOS. The van der Waals surface area contributed by atoms with Gasteiger partial charge in [-0.2, -0.15) is 12.6 Å². The zero-order chi connectivity index (χ0) is 13.5. The molecule has 0 aromatic heterocycles. The molecule has 0 aliphatic heterocycles. The SMILES string of the molecule is CNC(C)(C)CCCC(=O)CCCC(C)(C)S. The van der Waals surface area contributed by atoms with Crippen molar-refractivity contribution in [3.05, 3.63) is 0 Å². The van der Waals surface area contributed by atoms with Crippen molar-refractivity contribution in [1.29, 1.82) is 0 Å². The van der Waals surface area contributed by atoms with Gasteiger partial charge in [0.25, 0.3) is 0 Å². The van der Waals surface area contributed by atoms with E-state index in [2.05, 4.69) is 45.6 Å². The van der Waals surface area contributed by atoms with Crippen LogP contribution in [0.1, 0.15) is 66.2 Å². The van der Waals surface area contributed by atoms with Crippen LogP contribution >= 0.6 is 12.6 Å². The number of hydrogen-bond donors (Lipinski definition) is 2. The first-order chi connectivity index (χ1) is 7.66. The van der Waals surface area contributed by atoms with Gasteiger partial charge < -0.3 is 5.32 Å². The van der Waals surface area contributed by atoms with E-state index in [4.69, 9.17) is 0 Å². The van der Waals surface area contributed by atoms with Gasteiger partial charge in [0, 0.05) is 23.1 Å². The highest BCUT2D eigenvalue weighted by atomic mass is 32.1. The number of rotatable bonds is 9. The summed E-state index contributed by atoms with van der Waals surface area (Å²) >= 11 is 4.46. The summed E-state index contributed by atoms with van der Waals surface area (Å²) in [7, 11) is 1.97. The Kier molecular flexibility index (Phi) is 7.41. The van der Waals surface area contributed by atoms with Crippen molar-refractivity contribution in [2.75, 3.05) is 7.05 Å². The van der Waals surface area contributed by atoms with Crippen LogP contribution in [-0.4, -0.2) is 23.1 Å². The second kappa shape index (κ2) is 7.42. The van der Waals surface area contributed by atoms with E-state index in [1.807, 2.05) is 7.05 Å². The maximum absolute atomic E-state index is 11.7. The third-order valence-electron chi connectivity index (χ3n) is 3.18. The van der Waals surface area contributed by atoms with Gasteiger partial charge >= 0.3 is 0 Å². The van der Waals surface area contributed by atoms with E-state index in [1.165, 1.54) is 0 Å². The number of hydrogen-bond acceptors (Lipinski definition) is 3. The molecule has 0 radical (unpaired) electrons. The van der Waals surface area contributed by atoms with E-state index in [0.29, 0.717) is 12.2 Å². The fraction of sp³-hybridized carbons (Fsp3) is 0.929. The third-order valence-corrected chi connectivity index (χ3v) is 3.40. The quantitative estimate of drug-likeness (QED) is 0.619. The molecule has 2 nitrogen and oxygen atoms in total. The van der Waals surface area contributed by atoms with E-state index in [1.54, 1.807) is 0 Å². The van der Waals surface area contributed by atoms with Crippen LogP contribution in [0.15, 0.2) is 0 Å². The van der Waals surface area contributed by atoms with Gasteiger partial charge in [0.2, 0.25) is 0 Å². The van der Waals surface area contributed by atoms with Gasteiger partial charge in [-0.3, -0.25) is 4.79 Å². The van der Waals surface area contributed by atoms with E-state index in [-0.39, 0.29) is 10.3 Å². The van der Waals surface area contributed by atoms with Crippen LogP contribution in [0, 0.1) is 0 Å². The average molecular weight is 259 g/mol. The topological polar surface area (TPSA) is 29.1 Å². The summed E-state index contributed by atoms with van der Waals surface area (Å²) < 4.78 is 0.0500. The van der Waals surface area contributed by atoms with Gasteiger partial charge in [0.05, 0.1) is 0 Å². The largest absolute Gasteiger partial charge is 0.315 e. The summed E-state index contributed by atoms with van der Waals surface area (Å²) in [5.41, 5.74) is 0.146. The Labute approximate surface area is 112 Å². The highest BCUT2D eigenvalue weighted by Gasteiger charge is 2.15. The first-order valence-electron chi connectivity index (χ1n) is 6.59. The van der Waals surface area contributed by atoms with Crippen molar-refractivity contribution < 1.29 is 4.79 Å². The lowest BCUT2D eigenvalue weighted by Gasteiger charge is -2.23. The molecule has 17 heavy (non-hydrogen) atoms. The van der Waals surface area contributed by atoms with Crippen molar-refractivity contribution in [1.82, 2.24) is 5.32 Å². The molecule has 0 saturated carbocycles. The minimum absolute atomic E-state index is 0.0500. The minimum Gasteiger partial charge on any atom is -0.315 e. The van der Waals surface area contributed by atoms with Crippen LogP contribution in [0.2, 0.25) is 0 Å². The summed E-state index contributed by atoms with van der Waals surface area (Å²) in [5.74, 6) is 0.398. The number of carbonyl (C=O) groups excluding carboxylic acids is 1. The maximum Gasteiger partial charge on any atom is 0.132 e. The van der Waals surface area contributed by atoms with Crippen LogP contribution in [0.4, 0.5) is 0 Å². The van der Waals surface area contributed by atoms with Crippen LogP contribution in [0.25, 0.3) is 0 Å². The van der Waals surface area contributed by atoms with Gasteiger partial charge in [0.1, 0.15) is 5.78 Å². The smallest absolute Gasteiger partial charge is 0.132 e. The van der Waals surface area contributed by atoms with Gasteiger partial charge in [-0.15, -0.1) is 0 Å². The average Bonchev–Trinajstić information content (AvgIpc) is 2.15. The monoisotopic (exact) mass is 259 g/mol. The van der Waals surface area contributed by atoms with E-state index in [9.17, 15) is 4.79 Å². The van der Waals surface area contributed by atoms with Crippen LogP contribution < -0.4 is 5.32 Å². The fourth-order valence-electron chi connectivity index (χ4n) is 1.70. The molecule has 0 spiro atoms. The lowest BCUT2D eigenvalue weighted by atomic mass is 9.95. The number of ketones is 1. The zero-order valence-electron chi connectivity index (χ0n) is 12.1. The first kappa shape index (κ1) is 17.0. The van der Waals surface area contributed by atoms with Gasteiger partial charge in [-0.1, -0.05) is 13.8 Å². The van der Waals surface area contributed by atoms with Crippen molar-refractivity contribution >= 4 is 18.4 Å². The normalized spacial score (nSPS) is 12.8. The lowest BCUT2D eigenvalue weighted by molar-refractivity contribution is -0.119. The Morgan fingerprint density at radius 1 is 1.06 bits per heavy atom. The second-order valence-corrected chi connectivity index (χ2v) is 7.40. The highest BCUT2D eigenvalue weighted by molar-refractivity contribution is 7.81. The Morgan fingerprint density at radius 3 is 1.94 bits per heavy atom. The van der Waals surface area contributed by atoms with E-state index in [0.717, 1.165) is 32.1 Å².